The van der Waals surface area contributed by atoms with Crippen molar-refractivity contribution in [2.45, 2.75) is 0 Å². The molecule has 1 N–H and O–H groups in total. The molecular formula is C11H6BrCl2N3O. The molecule has 2 aromatic rings. The van der Waals surface area contributed by atoms with Crippen LogP contribution in [0.15, 0.2) is 34.8 Å². The van der Waals surface area contributed by atoms with Crippen LogP contribution >= 0.6 is 39.1 Å². The third-order valence-corrected chi connectivity index (χ3v) is 2.88. The quantitative estimate of drug-likeness (QED) is 0.899. The van der Waals surface area contributed by atoms with E-state index < -0.39 is 0 Å². The minimum Gasteiger partial charge on any atom is -0.305 e. The van der Waals surface area contributed by atoms with E-state index in [-0.39, 0.29) is 11.1 Å². The highest BCUT2D eigenvalue weighted by Gasteiger charge is 2.09. The number of halogens is 3. The van der Waals surface area contributed by atoms with Crippen LogP contribution in [0.4, 0.5) is 5.82 Å². The SMILES string of the molecule is O=C(Nc1ccc(Cl)nn1)c1cc(Cl)cc(Br)c1. The Labute approximate surface area is 121 Å². The molecule has 1 amide bonds. The molecule has 1 aromatic carbocycles. The van der Waals surface area contributed by atoms with E-state index in [0.29, 0.717) is 16.4 Å². The predicted octanol–water partition coefficient (Wildman–Crippen LogP) is 3.80. The number of anilines is 1. The third-order valence-electron chi connectivity index (χ3n) is 2.00. The highest BCUT2D eigenvalue weighted by Crippen LogP contribution is 2.20. The molecule has 2 rings (SSSR count). The van der Waals surface area contributed by atoms with Crippen LogP contribution in [0.5, 0.6) is 0 Å². The molecular weight excluding hydrogens is 341 g/mol. The number of carbonyl (C=O) groups excluding carboxylic acids is 1. The topological polar surface area (TPSA) is 54.9 Å². The first-order valence-electron chi connectivity index (χ1n) is 4.81. The Morgan fingerprint density at radius 2 is 1.94 bits per heavy atom. The van der Waals surface area contributed by atoms with Crippen LogP contribution in [0, 0.1) is 0 Å². The van der Waals surface area contributed by atoms with Gasteiger partial charge in [-0.15, -0.1) is 10.2 Å². The van der Waals surface area contributed by atoms with Gasteiger partial charge in [0.2, 0.25) is 0 Å². The number of nitrogens with zero attached hydrogens (tertiary/aromatic N) is 2. The van der Waals surface area contributed by atoms with Crippen molar-refractivity contribution in [3.05, 3.63) is 50.5 Å². The largest absolute Gasteiger partial charge is 0.305 e. The molecule has 1 aromatic heterocycles. The van der Waals surface area contributed by atoms with E-state index in [2.05, 4.69) is 31.4 Å². The van der Waals surface area contributed by atoms with Gasteiger partial charge >= 0.3 is 0 Å². The molecule has 4 nitrogen and oxygen atoms in total. The van der Waals surface area contributed by atoms with Crippen molar-refractivity contribution < 1.29 is 4.79 Å². The molecule has 0 saturated carbocycles. The van der Waals surface area contributed by atoms with Crippen LogP contribution in [0.1, 0.15) is 10.4 Å². The summed E-state index contributed by atoms with van der Waals surface area (Å²) in [6.45, 7) is 0. The van der Waals surface area contributed by atoms with Gasteiger partial charge in [0.05, 0.1) is 0 Å². The first-order valence-corrected chi connectivity index (χ1v) is 6.36. The molecule has 0 spiro atoms. The second-order valence-corrected chi connectivity index (χ2v) is 5.09. The van der Waals surface area contributed by atoms with E-state index in [4.69, 9.17) is 23.2 Å². The second kappa shape index (κ2) is 5.65. The standard InChI is InChI=1S/C11H6BrCl2N3O/c12-7-3-6(4-8(13)5-7)11(18)15-10-2-1-9(14)16-17-10/h1-5H,(H,15,17,18). The summed E-state index contributed by atoms with van der Waals surface area (Å²) in [6, 6.07) is 8.01. The van der Waals surface area contributed by atoms with E-state index >= 15 is 0 Å². The van der Waals surface area contributed by atoms with Crippen LogP contribution in [-0.2, 0) is 0 Å². The van der Waals surface area contributed by atoms with Gasteiger partial charge in [-0.25, -0.2) is 0 Å². The summed E-state index contributed by atoms with van der Waals surface area (Å²) < 4.78 is 0.724. The first-order chi connectivity index (χ1) is 8.54. The predicted molar refractivity (Wildman–Crippen MR) is 74.1 cm³/mol. The molecule has 1 heterocycles. The number of aromatic nitrogens is 2. The summed E-state index contributed by atoms with van der Waals surface area (Å²) in [5.74, 6) is -0.00433. The fourth-order valence-electron chi connectivity index (χ4n) is 1.26. The summed E-state index contributed by atoms with van der Waals surface area (Å²) in [5.41, 5.74) is 0.422. The maximum Gasteiger partial charge on any atom is 0.256 e. The molecule has 0 fully saturated rings. The lowest BCUT2D eigenvalue weighted by atomic mass is 10.2. The van der Waals surface area contributed by atoms with Crippen molar-refractivity contribution in [1.82, 2.24) is 10.2 Å². The van der Waals surface area contributed by atoms with Crippen LogP contribution in [-0.4, -0.2) is 16.1 Å². The number of nitrogens with one attached hydrogen (secondary N) is 1. The summed E-state index contributed by atoms with van der Waals surface area (Å²) in [7, 11) is 0. The summed E-state index contributed by atoms with van der Waals surface area (Å²) in [6.07, 6.45) is 0. The van der Waals surface area contributed by atoms with Crippen LogP contribution < -0.4 is 5.32 Å². The molecule has 0 radical (unpaired) electrons. The number of hydrogen-bond acceptors (Lipinski definition) is 3. The Balaban J connectivity index is 2.19. The zero-order valence-corrected chi connectivity index (χ0v) is 11.9. The molecule has 0 aliphatic heterocycles. The van der Waals surface area contributed by atoms with E-state index in [9.17, 15) is 4.79 Å². The summed E-state index contributed by atoms with van der Waals surface area (Å²) >= 11 is 14.7. The highest BCUT2D eigenvalue weighted by molar-refractivity contribution is 9.10. The first kappa shape index (κ1) is 13.3. The van der Waals surface area contributed by atoms with E-state index in [1.807, 2.05) is 0 Å². The maximum atomic E-state index is 11.9. The lowest BCUT2D eigenvalue weighted by molar-refractivity contribution is 0.102. The average Bonchev–Trinajstić information content (AvgIpc) is 2.31. The molecule has 18 heavy (non-hydrogen) atoms. The van der Waals surface area contributed by atoms with Gasteiger partial charge in [0.15, 0.2) is 11.0 Å². The normalized spacial score (nSPS) is 10.2. The van der Waals surface area contributed by atoms with Crippen molar-refractivity contribution in [3.63, 3.8) is 0 Å². The van der Waals surface area contributed by atoms with Crippen molar-refractivity contribution in [2.24, 2.45) is 0 Å². The third kappa shape index (κ3) is 3.41. The zero-order valence-electron chi connectivity index (χ0n) is 8.82. The Morgan fingerprint density at radius 3 is 2.56 bits per heavy atom. The van der Waals surface area contributed by atoms with Gasteiger partial charge in [0.1, 0.15) is 0 Å². The molecule has 0 saturated heterocycles. The Bertz CT molecular complexity index is 569. The smallest absolute Gasteiger partial charge is 0.256 e. The molecule has 0 bridgehead atoms. The van der Waals surface area contributed by atoms with Gasteiger partial charge in [0, 0.05) is 15.1 Å². The lowest BCUT2D eigenvalue weighted by Crippen LogP contribution is -2.13. The van der Waals surface area contributed by atoms with Crippen molar-refractivity contribution in [3.8, 4) is 0 Å². The number of carbonyl (C=O) groups is 1. The van der Waals surface area contributed by atoms with Crippen LogP contribution in [0.3, 0.4) is 0 Å². The monoisotopic (exact) mass is 345 g/mol. The molecule has 92 valence electrons. The van der Waals surface area contributed by atoms with E-state index in [1.54, 1.807) is 24.3 Å². The van der Waals surface area contributed by atoms with Gasteiger partial charge in [0.25, 0.3) is 5.91 Å². The minimum atomic E-state index is -0.324. The fraction of sp³-hybridized carbons (Fsp3) is 0. The molecule has 0 aliphatic carbocycles. The molecule has 0 aliphatic rings. The Kier molecular flexibility index (Phi) is 4.16. The average molecular weight is 347 g/mol. The van der Waals surface area contributed by atoms with Crippen LogP contribution in [0.2, 0.25) is 10.2 Å². The minimum absolute atomic E-state index is 0.262. The summed E-state index contributed by atoms with van der Waals surface area (Å²) in [5, 5.41) is 10.7. The van der Waals surface area contributed by atoms with Crippen molar-refractivity contribution >= 4 is 50.9 Å². The lowest BCUT2D eigenvalue weighted by Gasteiger charge is -2.04. The van der Waals surface area contributed by atoms with Crippen molar-refractivity contribution in [1.29, 1.82) is 0 Å². The number of rotatable bonds is 2. The Morgan fingerprint density at radius 1 is 1.17 bits per heavy atom. The number of amides is 1. The molecule has 7 heteroatoms. The van der Waals surface area contributed by atoms with Gasteiger partial charge in [-0.3, -0.25) is 4.79 Å². The zero-order chi connectivity index (χ0) is 13.1. The van der Waals surface area contributed by atoms with Gasteiger partial charge in [-0.05, 0) is 30.3 Å². The second-order valence-electron chi connectivity index (χ2n) is 3.35. The van der Waals surface area contributed by atoms with Gasteiger partial charge in [-0.2, -0.15) is 0 Å². The molecule has 0 unspecified atom stereocenters. The maximum absolute atomic E-state index is 11.9. The van der Waals surface area contributed by atoms with Crippen LogP contribution in [0.25, 0.3) is 0 Å². The van der Waals surface area contributed by atoms with E-state index in [0.717, 1.165) is 4.47 Å². The Hall–Kier alpha value is -1.17. The van der Waals surface area contributed by atoms with Crippen molar-refractivity contribution in [2.75, 3.05) is 5.32 Å². The van der Waals surface area contributed by atoms with Gasteiger partial charge < -0.3 is 5.32 Å². The van der Waals surface area contributed by atoms with E-state index in [1.165, 1.54) is 6.07 Å². The summed E-state index contributed by atoms with van der Waals surface area (Å²) in [4.78, 5) is 11.9. The number of hydrogen-bond donors (Lipinski definition) is 1. The highest BCUT2D eigenvalue weighted by atomic mass is 79.9. The number of benzene rings is 1. The molecule has 0 atom stereocenters. The fourth-order valence-corrected chi connectivity index (χ4v) is 2.22. The van der Waals surface area contributed by atoms with Gasteiger partial charge in [-0.1, -0.05) is 39.1 Å².